The number of carbonyl (C=O) groups is 3. The third kappa shape index (κ3) is 3.12. The molecule has 0 bridgehead atoms. The zero-order valence-corrected chi connectivity index (χ0v) is 12.6. The molecule has 5 heteroatoms. The van der Waals surface area contributed by atoms with E-state index in [-0.39, 0.29) is 6.54 Å². The predicted molar refractivity (Wildman–Crippen MR) is 78.4 cm³/mol. The quantitative estimate of drug-likeness (QED) is 0.865. The van der Waals surface area contributed by atoms with E-state index in [1.807, 2.05) is 24.3 Å². The van der Waals surface area contributed by atoms with Gasteiger partial charge in [-0.2, -0.15) is 0 Å². The first-order valence-electron chi connectivity index (χ1n) is 7.19. The van der Waals surface area contributed by atoms with Crippen LogP contribution < -0.4 is 5.32 Å². The Hall–Kier alpha value is -2.17. The van der Waals surface area contributed by atoms with E-state index in [1.165, 1.54) is 12.5 Å². The van der Waals surface area contributed by atoms with Gasteiger partial charge in [0, 0.05) is 0 Å². The van der Waals surface area contributed by atoms with Crippen LogP contribution in [0.4, 0.5) is 4.79 Å². The molecular weight excluding hydrogens is 268 g/mol. The van der Waals surface area contributed by atoms with Gasteiger partial charge in [0.05, 0.1) is 6.54 Å². The van der Waals surface area contributed by atoms with Crippen molar-refractivity contribution in [1.82, 2.24) is 10.2 Å². The predicted octanol–water partition coefficient (Wildman–Crippen LogP) is 2.41. The van der Waals surface area contributed by atoms with Crippen molar-refractivity contribution in [3.8, 4) is 0 Å². The molecule has 4 amide bonds. The van der Waals surface area contributed by atoms with Gasteiger partial charge in [0.15, 0.2) is 0 Å². The number of amides is 4. The second-order valence-corrected chi connectivity index (χ2v) is 5.49. The fraction of sp³-hybridized carbons (Fsp3) is 0.438. The van der Waals surface area contributed by atoms with Gasteiger partial charge in [-0.25, -0.2) is 4.79 Å². The number of rotatable bonds is 4. The minimum Gasteiger partial charge on any atom is -0.277 e. The lowest BCUT2D eigenvalue weighted by Gasteiger charge is -2.28. The van der Waals surface area contributed by atoms with Crippen LogP contribution in [0.25, 0.3) is 0 Å². The van der Waals surface area contributed by atoms with Crippen LogP contribution in [0.3, 0.4) is 0 Å². The first-order valence-corrected chi connectivity index (χ1v) is 7.19. The molecule has 1 heterocycles. The van der Waals surface area contributed by atoms with Gasteiger partial charge in [-0.1, -0.05) is 38.1 Å². The molecule has 21 heavy (non-hydrogen) atoms. The second kappa shape index (κ2) is 6.08. The van der Waals surface area contributed by atoms with Gasteiger partial charge in [0.25, 0.3) is 0 Å². The molecule has 1 aromatic carbocycles. The maximum absolute atomic E-state index is 12.0. The molecular formula is C16H20N2O3. The summed E-state index contributed by atoms with van der Waals surface area (Å²) in [7, 11) is 0. The zero-order valence-electron chi connectivity index (χ0n) is 12.6. The first kappa shape index (κ1) is 15.2. The molecule has 1 aliphatic heterocycles. The van der Waals surface area contributed by atoms with E-state index in [9.17, 15) is 14.4 Å². The summed E-state index contributed by atoms with van der Waals surface area (Å²) >= 11 is 0. The molecule has 1 aliphatic rings. The van der Waals surface area contributed by atoms with Gasteiger partial charge in [-0.05, 0) is 30.4 Å². The summed E-state index contributed by atoms with van der Waals surface area (Å²) in [4.78, 5) is 36.2. The average Bonchev–Trinajstić information content (AvgIpc) is 2.49. The Bertz CT molecular complexity index is 565. The van der Waals surface area contributed by atoms with E-state index in [1.54, 1.807) is 0 Å². The molecule has 2 unspecified atom stereocenters. The summed E-state index contributed by atoms with van der Waals surface area (Å²) in [6.07, 6.45) is 1.06. The Morgan fingerprint density at radius 2 is 1.81 bits per heavy atom. The summed E-state index contributed by atoms with van der Waals surface area (Å²) in [6.45, 7) is 5.98. The van der Waals surface area contributed by atoms with Crippen molar-refractivity contribution in [2.75, 3.05) is 0 Å². The minimum absolute atomic E-state index is 0.184. The summed E-state index contributed by atoms with van der Waals surface area (Å²) < 4.78 is 0. The van der Waals surface area contributed by atoms with Crippen LogP contribution >= 0.6 is 0 Å². The van der Waals surface area contributed by atoms with E-state index < -0.39 is 23.8 Å². The number of urea groups is 1. The van der Waals surface area contributed by atoms with E-state index in [0.717, 1.165) is 16.9 Å². The number of imide groups is 2. The van der Waals surface area contributed by atoms with Gasteiger partial charge >= 0.3 is 6.03 Å². The largest absolute Gasteiger partial charge is 0.331 e. The molecule has 0 aromatic heterocycles. The topological polar surface area (TPSA) is 66.5 Å². The second-order valence-electron chi connectivity index (χ2n) is 5.49. The van der Waals surface area contributed by atoms with Gasteiger partial charge in [-0.3, -0.25) is 19.8 Å². The number of hydrogen-bond acceptors (Lipinski definition) is 3. The van der Waals surface area contributed by atoms with Crippen molar-refractivity contribution in [3.05, 3.63) is 35.4 Å². The standard InChI is InChI=1S/C16H20N2O3/c1-4-10(2)13-7-5-12(6-8-13)9-18-15(20)11(3)14(19)17-16(18)21/h5-8,10-11H,4,9H2,1-3H3,(H,17,19,21). The fourth-order valence-electron chi connectivity index (χ4n) is 2.25. The SMILES string of the molecule is CCC(C)c1ccc(CN2C(=O)NC(=O)C(C)C2=O)cc1. The smallest absolute Gasteiger partial charge is 0.277 e. The van der Waals surface area contributed by atoms with Crippen molar-refractivity contribution in [1.29, 1.82) is 0 Å². The van der Waals surface area contributed by atoms with Crippen molar-refractivity contribution < 1.29 is 14.4 Å². The molecule has 0 radical (unpaired) electrons. The van der Waals surface area contributed by atoms with Gasteiger partial charge in [0.2, 0.25) is 11.8 Å². The highest BCUT2D eigenvalue weighted by molar-refractivity contribution is 6.15. The molecule has 2 atom stereocenters. The number of barbiturate groups is 1. The Balaban J connectivity index is 2.12. The molecule has 0 aliphatic carbocycles. The molecule has 0 saturated carbocycles. The van der Waals surface area contributed by atoms with Crippen molar-refractivity contribution in [3.63, 3.8) is 0 Å². The Labute approximate surface area is 124 Å². The highest BCUT2D eigenvalue weighted by atomic mass is 16.2. The fourth-order valence-corrected chi connectivity index (χ4v) is 2.25. The third-order valence-electron chi connectivity index (χ3n) is 4.01. The summed E-state index contributed by atoms with van der Waals surface area (Å²) in [5, 5.41) is 2.20. The first-order chi connectivity index (χ1) is 9.93. The van der Waals surface area contributed by atoms with E-state index in [4.69, 9.17) is 0 Å². The number of hydrogen-bond donors (Lipinski definition) is 1. The van der Waals surface area contributed by atoms with Crippen LogP contribution in [0.5, 0.6) is 0 Å². The highest BCUT2D eigenvalue weighted by Crippen LogP contribution is 2.20. The minimum atomic E-state index is -0.818. The number of benzene rings is 1. The Morgan fingerprint density at radius 3 is 2.38 bits per heavy atom. The molecule has 1 aromatic rings. The van der Waals surface area contributed by atoms with Crippen LogP contribution in [0.1, 0.15) is 44.2 Å². The summed E-state index contributed by atoms with van der Waals surface area (Å²) in [6, 6.07) is 7.23. The summed E-state index contributed by atoms with van der Waals surface area (Å²) in [5.41, 5.74) is 2.10. The molecule has 2 rings (SSSR count). The van der Waals surface area contributed by atoms with Crippen LogP contribution in [0.15, 0.2) is 24.3 Å². The third-order valence-corrected chi connectivity index (χ3v) is 4.01. The van der Waals surface area contributed by atoms with Gasteiger partial charge in [-0.15, -0.1) is 0 Å². The molecule has 1 fully saturated rings. The normalized spacial score (nSPS) is 20.4. The maximum atomic E-state index is 12.0. The molecule has 112 valence electrons. The molecule has 1 saturated heterocycles. The summed E-state index contributed by atoms with van der Waals surface area (Å²) in [5.74, 6) is -1.32. The number of nitrogens with zero attached hydrogens (tertiary/aromatic N) is 1. The number of nitrogens with one attached hydrogen (secondary N) is 1. The lowest BCUT2D eigenvalue weighted by Crippen LogP contribution is -2.56. The van der Waals surface area contributed by atoms with Crippen molar-refractivity contribution >= 4 is 17.8 Å². The maximum Gasteiger partial charge on any atom is 0.331 e. The average molecular weight is 288 g/mol. The Morgan fingerprint density at radius 1 is 1.19 bits per heavy atom. The van der Waals surface area contributed by atoms with Gasteiger partial charge < -0.3 is 0 Å². The van der Waals surface area contributed by atoms with Crippen LogP contribution in [0, 0.1) is 5.92 Å². The Kier molecular flexibility index (Phi) is 4.40. The monoisotopic (exact) mass is 288 g/mol. The molecule has 0 spiro atoms. The van der Waals surface area contributed by atoms with Crippen LogP contribution in [-0.2, 0) is 16.1 Å². The lowest BCUT2D eigenvalue weighted by molar-refractivity contribution is -0.142. The van der Waals surface area contributed by atoms with E-state index >= 15 is 0 Å². The van der Waals surface area contributed by atoms with Crippen molar-refractivity contribution in [2.24, 2.45) is 5.92 Å². The molecule has 5 nitrogen and oxygen atoms in total. The van der Waals surface area contributed by atoms with Crippen LogP contribution in [-0.4, -0.2) is 22.7 Å². The van der Waals surface area contributed by atoms with E-state index in [2.05, 4.69) is 19.2 Å². The molecule has 1 N–H and O–H groups in total. The lowest BCUT2D eigenvalue weighted by atomic mass is 9.97. The highest BCUT2D eigenvalue weighted by Gasteiger charge is 2.37. The van der Waals surface area contributed by atoms with Crippen LogP contribution in [0.2, 0.25) is 0 Å². The van der Waals surface area contributed by atoms with Gasteiger partial charge in [0.1, 0.15) is 5.92 Å². The number of carbonyl (C=O) groups excluding carboxylic acids is 3. The van der Waals surface area contributed by atoms with E-state index in [0.29, 0.717) is 5.92 Å². The zero-order chi connectivity index (χ0) is 15.6. The van der Waals surface area contributed by atoms with Crippen molar-refractivity contribution in [2.45, 2.75) is 39.7 Å².